The Hall–Kier alpha value is -2.37. The van der Waals surface area contributed by atoms with Crippen LogP contribution in [0.4, 0.5) is 0 Å². The Morgan fingerprint density at radius 1 is 0.778 bits per heavy atom. The number of unbranched alkanes of at least 4 members (excludes halogenated alkanes) is 1. The molecule has 0 aromatic carbocycles. The highest BCUT2D eigenvalue weighted by Crippen LogP contribution is 1.99. The van der Waals surface area contributed by atoms with Gasteiger partial charge in [-0.3, -0.25) is 0 Å². The Morgan fingerprint density at radius 3 is 1.48 bits per heavy atom. The molecule has 0 aliphatic carbocycles. The molecule has 0 spiro atoms. The largest absolute Gasteiger partial charge is 0.478 e. The summed E-state index contributed by atoms with van der Waals surface area (Å²) in [6, 6.07) is 0. The lowest BCUT2D eigenvalue weighted by atomic mass is 10.2. The van der Waals surface area contributed by atoms with Crippen LogP contribution in [0.3, 0.4) is 0 Å². The lowest BCUT2D eigenvalue weighted by Gasteiger charge is -2.01. The summed E-state index contributed by atoms with van der Waals surface area (Å²) < 4.78 is 9.52. The third-order valence-electron chi connectivity index (χ3n) is 2.72. The lowest BCUT2D eigenvalue weighted by Crippen LogP contribution is -2.05. The number of aliphatic carboxylic acids is 1. The van der Waals surface area contributed by atoms with Gasteiger partial charge in [0.15, 0.2) is 0 Å². The molecule has 0 fully saturated rings. The fraction of sp³-hybridized carbons (Fsp3) is 0.571. The minimum absolute atomic E-state index is 0.284. The molecular weight excluding hydrogens is 348 g/mol. The summed E-state index contributed by atoms with van der Waals surface area (Å²) in [5.74, 6) is -1.46. The van der Waals surface area contributed by atoms with Crippen molar-refractivity contribution in [3.63, 3.8) is 0 Å². The van der Waals surface area contributed by atoms with Gasteiger partial charge in [-0.05, 0) is 33.1 Å². The van der Waals surface area contributed by atoms with E-state index in [0.29, 0.717) is 36.4 Å². The summed E-state index contributed by atoms with van der Waals surface area (Å²) >= 11 is 0. The van der Waals surface area contributed by atoms with Crippen molar-refractivity contribution < 1.29 is 29.0 Å². The minimum Gasteiger partial charge on any atom is -0.478 e. The van der Waals surface area contributed by atoms with E-state index < -0.39 is 5.97 Å². The van der Waals surface area contributed by atoms with Crippen molar-refractivity contribution in [1.29, 1.82) is 0 Å². The zero-order chi connectivity index (χ0) is 21.8. The number of ether oxygens (including phenoxy) is 2. The number of esters is 2. The molecule has 0 unspecified atom stereocenters. The van der Waals surface area contributed by atoms with Crippen molar-refractivity contribution in [2.45, 2.75) is 66.7 Å². The van der Waals surface area contributed by atoms with Crippen LogP contribution in [0, 0.1) is 0 Å². The SMILES string of the molecule is C=C(C)C(=O)OCCC.C=C(C)C(=O)OCCCC.C=C(CCC)C(=O)O. The van der Waals surface area contributed by atoms with Gasteiger partial charge >= 0.3 is 17.9 Å². The van der Waals surface area contributed by atoms with E-state index >= 15 is 0 Å². The first-order valence-electron chi connectivity index (χ1n) is 9.11. The van der Waals surface area contributed by atoms with Crippen LogP contribution in [0.2, 0.25) is 0 Å². The average molecular weight is 385 g/mol. The summed E-state index contributed by atoms with van der Waals surface area (Å²) in [7, 11) is 0. The van der Waals surface area contributed by atoms with Crippen LogP contribution in [-0.2, 0) is 23.9 Å². The maximum absolute atomic E-state index is 10.7. The molecule has 27 heavy (non-hydrogen) atoms. The molecule has 1 N–H and O–H groups in total. The van der Waals surface area contributed by atoms with E-state index in [-0.39, 0.29) is 11.9 Å². The maximum Gasteiger partial charge on any atom is 0.333 e. The molecule has 0 saturated heterocycles. The number of hydrogen-bond acceptors (Lipinski definition) is 5. The van der Waals surface area contributed by atoms with Crippen LogP contribution in [0.5, 0.6) is 0 Å². The Bertz CT molecular complexity index is 491. The van der Waals surface area contributed by atoms with Gasteiger partial charge in [0, 0.05) is 16.7 Å². The van der Waals surface area contributed by atoms with Crippen LogP contribution < -0.4 is 0 Å². The van der Waals surface area contributed by atoms with Crippen molar-refractivity contribution in [3.8, 4) is 0 Å². The Kier molecular flexibility index (Phi) is 21.7. The highest BCUT2D eigenvalue weighted by atomic mass is 16.5. The number of carboxylic acid groups (broad SMARTS) is 1. The molecule has 0 aromatic heterocycles. The molecule has 6 nitrogen and oxygen atoms in total. The molecule has 0 aliphatic rings. The Morgan fingerprint density at radius 2 is 1.22 bits per heavy atom. The molecule has 0 radical (unpaired) electrons. The van der Waals surface area contributed by atoms with Crippen molar-refractivity contribution >= 4 is 17.9 Å². The molecule has 0 heterocycles. The molecule has 0 aromatic rings. The van der Waals surface area contributed by atoms with Gasteiger partial charge in [0.1, 0.15) is 0 Å². The van der Waals surface area contributed by atoms with Gasteiger partial charge in [0.05, 0.1) is 13.2 Å². The van der Waals surface area contributed by atoms with Crippen molar-refractivity contribution in [3.05, 3.63) is 36.5 Å². The van der Waals surface area contributed by atoms with Crippen LogP contribution >= 0.6 is 0 Å². The van der Waals surface area contributed by atoms with E-state index in [0.717, 1.165) is 25.7 Å². The molecule has 156 valence electrons. The third kappa shape index (κ3) is 23.6. The number of carbonyl (C=O) groups is 3. The van der Waals surface area contributed by atoms with Crippen LogP contribution in [0.1, 0.15) is 66.7 Å². The first-order chi connectivity index (χ1) is 12.5. The molecule has 0 atom stereocenters. The quantitative estimate of drug-likeness (QED) is 0.329. The molecule has 0 aliphatic heterocycles. The molecule has 6 heteroatoms. The van der Waals surface area contributed by atoms with Crippen molar-refractivity contribution in [2.75, 3.05) is 13.2 Å². The number of carboxylic acids is 1. The zero-order valence-corrected chi connectivity index (χ0v) is 17.6. The van der Waals surface area contributed by atoms with E-state index in [9.17, 15) is 14.4 Å². The average Bonchev–Trinajstić information content (AvgIpc) is 2.60. The van der Waals surface area contributed by atoms with E-state index in [2.05, 4.69) is 26.7 Å². The predicted molar refractivity (Wildman–Crippen MR) is 108 cm³/mol. The highest BCUT2D eigenvalue weighted by molar-refractivity contribution is 5.87. The number of carbonyl (C=O) groups excluding carboxylic acids is 2. The van der Waals surface area contributed by atoms with Gasteiger partial charge in [-0.25, -0.2) is 14.4 Å². The van der Waals surface area contributed by atoms with Crippen LogP contribution in [-0.4, -0.2) is 36.2 Å². The first-order valence-corrected chi connectivity index (χ1v) is 9.11. The van der Waals surface area contributed by atoms with Gasteiger partial charge in [-0.1, -0.05) is 53.3 Å². The van der Waals surface area contributed by atoms with Gasteiger partial charge in [-0.15, -0.1) is 0 Å². The Labute approximate surface area is 163 Å². The predicted octanol–water partition coefficient (Wildman–Crippen LogP) is 4.85. The van der Waals surface area contributed by atoms with Crippen LogP contribution in [0.25, 0.3) is 0 Å². The van der Waals surface area contributed by atoms with Gasteiger partial charge in [0.2, 0.25) is 0 Å². The van der Waals surface area contributed by atoms with E-state index in [4.69, 9.17) is 14.6 Å². The molecule has 0 rings (SSSR count). The van der Waals surface area contributed by atoms with Crippen LogP contribution in [0.15, 0.2) is 36.5 Å². The Balaban J connectivity index is -0.000000322. The summed E-state index contributed by atoms with van der Waals surface area (Å²) in [5.41, 5.74) is 1.23. The van der Waals surface area contributed by atoms with E-state index in [1.807, 2.05) is 13.8 Å². The van der Waals surface area contributed by atoms with E-state index in [1.54, 1.807) is 13.8 Å². The second-order valence-electron chi connectivity index (χ2n) is 5.84. The summed E-state index contributed by atoms with van der Waals surface area (Å²) in [6.07, 6.45) is 4.28. The zero-order valence-electron chi connectivity index (χ0n) is 17.6. The second kappa shape index (κ2) is 19.9. The fourth-order valence-electron chi connectivity index (χ4n) is 1.16. The highest BCUT2D eigenvalue weighted by Gasteiger charge is 2.01. The summed E-state index contributed by atoms with van der Waals surface area (Å²) in [4.78, 5) is 31.3. The molecule has 0 saturated carbocycles. The standard InChI is InChI=1S/C8H14O2.C7H12O2.C6H10O2/c1-4-5-6-10-8(9)7(2)3;1-4-5-9-7(8)6(2)3;1-3-4-5(2)6(7)8/h2,4-6H2,1,3H3;2,4-5H2,1,3H3;2-4H2,1H3,(H,7,8). The second-order valence-corrected chi connectivity index (χ2v) is 5.84. The summed E-state index contributed by atoms with van der Waals surface area (Å²) in [6.45, 7) is 20.5. The van der Waals surface area contributed by atoms with Crippen molar-refractivity contribution in [1.82, 2.24) is 0 Å². The lowest BCUT2D eigenvalue weighted by molar-refractivity contribution is -0.139. The smallest absolute Gasteiger partial charge is 0.333 e. The maximum atomic E-state index is 10.7. The van der Waals surface area contributed by atoms with Gasteiger partial charge in [0.25, 0.3) is 0 Å². The topological polar surface area (TPSA) is 89.9 Å². The molecule has 0 amide bonds. The monoisotopic (exact) mass is 384 g/mol. The fourth-order valence-corrected chi connectivity index (χ4v) is 1.16. The number of hydrogen-bond donors (Lipinski definition) is 1. The van der Waals surface area contributed by atoms with Crippen molar-refractivity contribution in [2.24, 2.45) is 0 Å². The number of rotatable bonds is 10. The van der Waals surface area contributed by atoms with Gasteiger partial charge in [-0.2, -0.15) is 0 Å². The minimum atomic E-state index is -0.883. The molecular formula is C21H36O6. The third-order valence-corrected chi connectivity index (χ3v) is 2.72. The first kappa shape index (κ1) is 29.4. The van der Waals surface area contributed by atoms with E-state index in [1.165, 1.54) is 0 Å². The normalized spacial score (nSPS) is 8.78. The molecule has 0 bridgehead atoms. The summed E-state index contributed by atoms with van der Waals surface area (Å²) in [5, 5.41) is 8.21. The van der Waals surface area contributed by atoms with Gasteiger partial charge < -0.3 is 14.6 Å².